The number of halogens is 1. The summed E-state index contributed by atoms with van der Waals surface area (Å²) in [4.78, 5) is 22.9. The van der Waals surface area contributed by atoms with Crippen molar-refractivity contribution in [3.8, 4) is 0 Å². The van der Waals surface area contributed by atoms with Crippen LogP contribution in [0.2, 0.25) is 0 Å². The van der Waals surface area contributed by atoms with Gasteiger partial charge in [0, 0.05) is 35.6 Å². The smallest absolute Gasteiger partial charge is 0.303 e. The highest BCUT2D eigenvalue weighted by atomic mass is 79.9. The summed E-state index contributed by atoms with van der Waals surface area (Å²) in [6.45, 7) is 4.57. The Bertz CT molecular complexity index is 505. The highest BCUT2D eigenvalue weighted by molar-refractivity contribution is 9.10. The van der Waals surface area contributed by atoms with Gasteiger partial charge in [0.2, 0.25) is 0 Å². The summed E-state index contributed by atoms with van der Waals surface area (Å²) in [5, 5.41) is 19.4. The Balaban J connectivity index is 2.91. The second kappa shape index (κ2) is 7.23. The third-order valence-electron chi connectivity index (χ3n) is 2.86. The van der Waals surface area contributed by atoms with Gasteiger partial charge in [-0.25, -0.2) is 0 Å². The van der Waals surface area contributed by atoms with E-state index in [1.165, 1.54) is 12.1 Å². The van der Waals surface area contributed by atoms with E-state index in [1.54, 1.807) is 6.07 Å². The number of carbonyl (C=O) groups is 1. The number of non-ortho nitro benzene ring substituents is 1. The van der Waals surface area contributed by atoms with Crippen molar-refractivity contribution in [2.75, 3.05) is 11.4 Å². The van der Waals surface area contributed by atoms with Crippen LogP contribution in [0.25, 0.3) is 0 Å². The Kier molecular flexibility index (Phi) is 5.94. The van der Waals surface area contributed by atoms with Crippen LogP contribution in [0, 0.1) is 10.1 Å². The first-order valence-electron chi connectivity index (χ1n) is 6.25. The molecule has 1 aromatic carbocycles. The second-order valence-electron chi connectivity index (χ2n) is 4.68. The number of anilines is 1. The maximum absolute atomic E-state index is 10.7. The minimum Gasteiger partial charge on any atom is -0.481 e. The van der Waals surface area contributed by atoms with Crippen LogP contribution in [-0.2, 0) is 4.79 Å². The van der Waals surface area contributed by atoms with Gasteiger partial charge in [0.1, 0.15) is 0 Å². The molecule has 0 radical (unpaired) electrons. The molecule has 1 aromatic rings. The summed E-state index contributed by atoms with van der Waals surface area (Å²) in [5.41, 5.74) is 0.853. The van der Waals surface area contributed by atoms with Gasteiger partial charge in [-0.15, -0.1) is 0 Å². The maximum atomic E-state index is 10.7. The van der Waals surface area contributed by atoms with Crippen LogP contribution in [0.3, 0.4) is 0 Å². The molecule has 0 saturated carbocycles. The SMILES string of the molecule is CC(C)N(CCCC(=O)O)c1ccc([N+](=O)[O-])cc1Br. The Morgan fingerprint density at radius 1 is 1.50 bits per heavy atom. The van der Waals surface area contributed by atoms with Crippen LogP contribution in [0.1, 0.15) is 26.7 Å². The number of nitro benzene ring substituents is 1. The van der Waals surface area contributed by atoms with Crippen molar-refractivity contribution in [3.63, 3.8) is 0 Å². The van der Waals surface area contributed by atoms with Crippen molar-refractivity contribution in [1.29, 1.82) is 0 Å². The lowest BCUT2D eigenvalue weighted by Gasteiger charge is -2.29. The number of carboxylic acid groups (broad SMARTS) is 1. The summed E-state index contributed by atoms with van der Waals surface area (Å²) in [5.74, 6) is -0.823. The lowest BCUT2D eigenvalue weighted by atomic mass is 10.2. The Hall–Kier alpha value is -1.63. The van der Waals surface area contributed by atoms with Crippen LogP contribution >= 0.6 is 15.9 Å². The molecule has 7 heteroatoms. The van der Waals surface area contributed by atoms with Crippen molar-refractivity contribution in [3.05, 3.63) is 32.8 Å². The van der Waals surface area contributed by atoms with E-state index >= 15 is 0 Å². The Morgan fingerprint density at radius 3 is 2.60 bits per heavy atom. The van der Waals surface area contributed by atoms with Crippen LogP contribution < -0.4 is 4.90 Å². The van der Waals surface area contributed by atoms with E-state index in [4.69, 9.17) is 5.11 Å². The van der Waals surface area contributed by atoms with E-state index in [0.29, 0.717) is 17.4 Å². The minimum absolute atomic E-state index is 0.0230. The Labute approximate surface area is 125 Å². The summed E-state index contributed by atoms with van der Waals surface area (Å²) in [6.07, 6.45) is 0.630. The molecule has 1 rings (SSSR count). The van der Waals surface area contributed by atoms with Crippen molar-refractivity contribution in [1.82, 2.24) is 0 Å². The molecule has 0 saturated heterocycles. The van der Waals surface area contributed by atoms with Gasteiger partial charge < -0.3 is 10.0 Å². The predicted molar refractivity (Wildman–Crippen MR) is 80.1 cm³/mol. The van der Waals surface area contributed by atoms with E-state index < -0.39 is 10.9 Å². The molecule has 0 unspecified atom stereocenters. The molecule has 0 atom stereocenters. The van der Waals surface area contributed by atoms with Gasteiger partial charge in [0.05, 0.1) is 10.6 Å². The molecule has 20 heavy (non-hydrogen) atoms. The molecule has 1 N–H and O–H groups in total. The zero-order chi connectivity index (χ0) is 15.3. The number of rotatable bonds is 7. The quantitative estimate of drug-likeness (QED) is 0.605. The average molecular weight is 345 g/mol. The highest BCUT2D eigenvalue weighted by Gasteiger charge is 2.16. The van der Waals surface area contributed by atoms with E-state index in [-0.39, 0.29) is 18.2 Å². The lowest BCUT2D eigenvalue weighted by molar-refractivity contribution is -0.384. The van der Waals surface area contributed by atoms with Gasteiger partial charge >= 0.3 is 5.97 Å². The van der Waals surface area contributed by atoms with Gasteiger partial charge in [-0.1, -0.05) is 0 Å². The average Bonchev–Trinajstić information content (AvgIpc) is 2.34. The van der Waals surface area contributed by atoms with E-state index in [9.17, 15) is 14.9 Å². The molecule has 0 spiro atoms. The van der Waals surface area contributed by atoms with Crippen molar-refractivity contribution in [2.45, 2.75) is 32.7 Å². The first-order chi connectivity index (χ1) is 9.32. The zero-order valence-electron chi connectivity index (χ0n) is 11.4. The molecule has 6 nitrogen and oxygen atoms in total. The van der Waals surface area contributed by atoms with Crippen LogP contribution in [-0.4, -0.2) is 28.6 Å². The molecule has 0 heterocycles. The van der Waals surface area contributed by atoms with E-state index in [1.807, 2.05) is 18.7 Å². The van der Waals surface area contributed by atoms with Crippen molar-refractivity contribution in [2.24, 2.45) is 0 Å². The second-order valence-corrected chi connectivity index (χ2v) is 5.53. The molecule has 0 fully saturated rings. The van der Waals surface area contributed by atoms with E-state index in [0.717, 1.165) is 5.69 Å². The molecule has 0 aliphatic rings. The number of nitro groups is 1. The number of carboxylic acids is 1. The Morgan fingerprint density at radius 2 is 2.15 bits per heavy atom. The fourth-order valence-electron chi connectivity index (χ4n) is 1.90. The first-order valence-corrected chi connectivity index (χ1v) is 7.04. The minimum atomic E-state index is -0.823. The molecular formula is C13H17BrN2O4. The molecule has 0 amide bonds. The van der Waals surface area contributed by atoms with E-state index in [2.05, 4.69) is 15.9 Å². The predicted octanol–water partition coefficient (Wildman–Crippen LogP) is 3.44. The van der Waals surface area contributed by atoms with Gasteiger partial charge in [-0.3, -0.25) is 14.9 Å². The number of benzene rings is 1. The molecule has 110 valence electrons. The normalized spacial score (nSPS) is 10.6. The fraction of sp³-hybridized carbons (Fsp3) is 0.462. The summed E-state index contributed by atoms with van der Waals surface area (Å²) >= 11 is 3.34. The molecular weight excluding hydrogens is 328 g/mol. The van der Waals surface area contributed by atoms with Gasteiger partial charge in [-0.2, -0.15) is 0 Å². The fourth-order valence-corrected chi connectivity index (χ4v) is 2.49. The summed E-state index contributed by atoms with van der Waals surface area (Å²) < 4.78 is 0.635. The molecule has 0 aromatic heterocycles. The number of hydrogen-bond donors (Lipinski definition) is 1. The molecule has 0 bridgehead atoms. The zero-order valence-corrected chi connectivity index (χ0v) is 13.0. The first kappa shape index (κ1) is 16.4. The largest absolute Gasteiger partial charge is 0.481 e. The monoisotopic (exact) mass is 344 g/mol. The topological polar surface area (TPSA) is 83.7 Å². The number of aliphatic carboxylic acids is 1. The van der Waals surface area contributed by atoms with Gasteiger partial charge in [0.15, 0.2) is 0 Å². The number of hydrogen-bond acceptors (Lipinski definition) is 4. The standard InChI is InChI=1S/C13H17BrN2O4/c1-9(2)15(7-3-4-13(17)18)12-6-5-10(16(19)20)8-11(12)14/h5-6,8-9H,3-4,7H2,1-2H3,(H,17,18). The third-order valence-corrected chi connectivity index (χ3v) is 3.50. The molecule has 0 aliphatic carbocycles. The maximum Gasteiger partial charge on any atom is 0.303 e. The van der Waals surface area contributed by atoms with Gasteiger partial charge in [0.25, 0.3) is 5.69 Å². The lowest BCUT2D eigenvalue weighted by Crippen LogP contribution is -2.32. The number of nitrogens with zero attached hydrogens (tertiary/aromatic N) is 2. The molecule has 0 aliphatic heterocycles. The van der Waals surface area contributed by atoms with Gasteiger partial charge in [-0.05, 0) is 42.3 Å². The van der Waals surface area contributed by atoms with Crippen molar-refractivity contribution < 1.29 is 14.8 Å². The highest BCUT2D eigenvalue weighted by Crippen LogP contribution is 2.31. The van der Waals surface area contributed by atoms with Crippen LogP contribution in [0.4, 0.5) is 11.4 Å². The van der Waals surface area contributed by atoms with Crippen LogP contribution in [0.5, 0.6) is 0 Å². The summed E-state index contributed by atoms with van der Waals surface area (Å²) in [7, 11) is 0. The third kappa shape index (κ3) is 4.48. The van der Waals surface area contributed by atoms with Crippen LogP contribution in [0.15, 0.2) is 22.7 Å². The summed E-state index contributed by atoms with van der Waals surface area (Å²) in [6, 6.07) is 4.76. The van der Waals surface area contributed by atoms with Crippen molar-refractivity contribution >= 4 is 33.3 Å².